The number of hydrogen-bond donors (Lipinski definition) is 1. The SMILES string of the molecule is CONS(=O)(=O)c1cccc2cccnc12. The zero-order valence-electron chi connectivity index (χ0n) is 8.54. The molecule has 0 aliphatic carbocycles. The molecule has 0 aliphatic rings. The number of fused-ring (bicyclic) bond motifs is 1. The van der Waals surface area contributed by atoms with E-state index in [1.807, 2.05) is 4.89 Å². The van der Waals surface area contributed by atoms with Crippen LogP contribution in [0.1, 0.15) is 0 Å². The van der Waals surface area contributed by atoms with E-state index in [0.29, 0.717) is 5.52 Å². The Hall–Kier alpha value is -1.50. The van der Waals surface area contributed by atoms with Crippen molar-refractivity contribution < 1.29 is 13.3 Å². The summed E-state index contributed by atoms with van der Waals surface area (Å²) in [7, 11) is -2.43. The first kappa shape index (κ1) is 11.0. The first-order valence-electron chi connectivity index (χ1n) is 4.54. The van der Waals surface area contributed by atoms with Crippen molar-refractivity contribution >= 4 is 20.9 Å². The zero-order chi connectivity index (χ0) is 11.6. The van der Waals surface area contributed by atoms with Gasteiger partial charge in [-0.1, -0.05) is 23.1 Å². The Balaban J connectivity index is 2.70. The Labute approximate surface area is 93.1 Å². The molecule has 0 saturated carbocycles. The number of pyridine rings is 1. The van der Waals surface area contributed by atoms with Crippen LogP contribution < -0.4 is 4.89 Å². The fourth-order valence-electron chi connectivity index (χ4n) is 1.45. The van der Waals surface area contributed by atoms with Crippen molar-refractivity contribution in [3.05, 3.63) is 36.5 Å². The van der Waals surface area contributed by atoms with E-state index in [1.54, 1.807) is 30.5 Å². The lowest BCUT2D eigenvalue weighted by Gasteiger charge is -2.06. The number of nitrogens with one attached hydrogen (secondary N) is 1. The van der Waals surface area contributed by atoms with Crippen molar-refractivity contribution in [3.8, 4) is 0 Å². The molecule has 0 atom stereocenters. The predicted octanol–water partition coefficient (Wildman–Crippen LogP) is 1.07. The fraction of sp³-hybridized carbons (Fsp3) is 0.100. The van der Waals surface area contributed by atoms with Crippen LogP contribution in [0.3, 0.4) is 0 Å². The van der Waals surface area contributed by atoms with Crippen molar-refractivity contribution in [1.82, 2.24) is 9.87 Å². The molecule has 84 valence electrons. The van der Waals surface area contributed by atoms with Crippen LogP contribution in [0.15, 0.2) is 41.4 Å². The van der Waals surface area contributed by atoms with E-state index in [-0.39, 0.29) is 4.90 Å². The Morgan fingerprint density at radius 3 is 2.75 bits per heavy atom. The quantitative estimate of drug-likeness (QED) is 0.812. The van der Waals surface area contributed by atoms with E-state index in [9.17, 15) is 8.42 Å². The largest absolute Gasteiger partial charge is 0.290 e. The van der Waals surface area contributed by atoms with Crippen LogP contribution in [0.25, 0.3) is 10.9 Å². The molecule has 1 N–H and O–H groups in total. The second kappa shape index (κ2) is 4.17. The topological polar surface area (TPSA) is 68.3 Å². The molecule has 0 amide bonds. The molecule has 2 aromatic rings. The highest BCUT2D eigenvalue weighted by atomic mass is 32.2. The van der Waals surface area contributed by atoms with Gasteiger partial charge in [0.2, 0.25) is 0 Å². The minimum absolute atomic E-state index is 0.104. The summed E-state index contributed by atoms with van der Waals surface area (Å²) in [5.41, 5.74) is 0.426. The van der Waals surface area contributed by atoms with Gasteiger partial charge in [-0.25, -0.2) is 8.42 Å². The molecule has 0 bridgehead atoms. The minimum atomic E-state index is -3.67. The summed E-state index contributed by atoms with van der Waals surface area (Å²) >= 11 is 0. The summed E-state index contributed by atoms with van der Waals surface area (Å²) in [4.78, 5) is 10.6. The smallest absolute Gasteiger partial charge is 0.264 e. The maximum atomic E-state index is 11.8. The molecule has 0 radical (unpaired) electrons. The van der Waals surface area contributed by atoms with Gasteiger partial charge >= 0.3 is 0 Å². The molecule has 6 heteroatoms. The summed E-state index contributed by atoms with van der Waals surface area (Å²) in [5, 5.41) is 0.765. The average molecular weight is 238 g/mol. The van der Waals surface area contributed by atoms with Crippen LogP contribution in [0.5, 0.6) is 0 Å². The second-order valence-corrected chi connectivity index (χ2v) is 4.74. The molecule has 0 fully saturated rings. The molecule has 16 heavy (non-hydrogen) atoms. The normalized spacial score (nSPS) is 11.8. The van der Waals surface area contributed by atoms with Crippen molar-refractivity contribution in [1.29, 1.82) is 0 Å². The van der Waals surface area contributed by atoms with E-state index in [1.165, 1.54) is 13.2 Å². The lowest BCUT2D eigenvalue weighted by Crippen LogP contribution is -2.22. The third-order valence-electron chi connectivity index (χ3n) is 2.08. The third kappa shape index (κ3) is 1.90. The maximum Gasteiger partial charge on any atom is 0.264 e. The van der Waals surface area contributed by atoms with Gasteiger partial charge in [-0.3, -0.25) is 9.82 Å². The van der Waals surface area contributed by atoms with E-state index < -0.39 is 10.0 Å². The average Bonchev–Trinajstić information content (AvgIpc) is 2.28. The van der Waals surface area contributed by atoms with Crippen LogP contribution in [-0.2, 0) is 14.9 Å². The Morgan fingerprint density at radius 1 is 1.25 bits per heavy atom. The molecule has 0 spiro atoms. The molecule has 0 saturated heterocycles. The molecule has 1 aromatic carbocycles. The van der Waals surface area contributed by atoms with Gasteiger partial charge in [0.25, 0.3) is 10.0 Å². The molecular formula is C10H10N2O3S. The number of hydrogen-bond acceptors (Lipinski definition) is 4. The number of aromatic nitrogens is 1. The van der Waals surface area contributed by atoms with Crippen LogP contribution in [-0.4, -0.2) is 20.5 Å². The Kier molecular flexibility index (Phi) is 2.86. The highest BCUT2D eigenvalue weighted by Gasteiger charge is 2.17. The number of benzene rings is 1. The minimum Gasteiger partial charge on any atom is -0.290 e. The first-order valence-corrected chi connectivity index (χ1v) is 6.02. The van der Waals surface area contributed by atoms with Gasteiger partial charge < -0.3 is 0 Å². The fourth-order valence-corrected chi connectivity index (χ4v) is 2.44. The van der Waals surface area contributed by atoms with Crippen LogP contribution in [0.2, 0.25) is 0 Å². The lowest BCUT2D eigenvalue weighted by molar-refractivity contribution is 0.153. The number of rotatable bonds is 3. The third-order valence-corrected chi connectivity index (χ3v) is 3.37. The van der Waals surface area contributed by atoms with Gasteiger partial charge in [-0.15, -0.1) is 0 Å². The number of nitrogens with zero attached hydrogens (tertiary/aromatic N) is 1. The molecule has 2 rings (SSSR count). The van der Waals surface area contributed by atoms with E-state index in [2.05, 4.69) is 9.82 Å². The summed E-state index contributed by atoms with van der Waals surface area (Å²) in [6, 6.07) is 8.50. The second-order valence-electron chi connectivity index (χ2n) is 3.12. The van der Waals surface area contributed by atoms with Crippen LogP contribution in [0, 0.1) is 0 Å². The van der Waals surface area contributed by atoms with E-state index in [4.69, 9.17) is 0 Å². The summed E-state index contributed by atoms with van der Waals surface area (Å²) in [6.45, 7) is 0. The molecular weight excluding hydrogens is 228 g/mol. The number of sulfonamides is 1. The van der Waals surface area contributed by atoms with Gasteiger partial charge in [0, 0.05) is 11.6 Å². The molecule has 0 aliphatic heterocycles. The van der Waals surface area contributed by atoms with Gasteiger partial charge in [0.15, 0.2) is 0 Å². The predicted molar refractivity (Wildman–Crippen MR) is 59.1 cm³/mol. The van der Waals surface area contributed by atoms with Gasteiger partial charge in [0.05, 0.1) is 12.6 Å². The van der Waals surface area contributed by atoms with Crippen LogP contribution >= 0.6 is 0 Å². The number of para-hydroxylation sites is 1. The molecule has 5 nitrogen and oxygen atoms in total. The van der Waals surface area contributed by atoms with Crippen LogP contribution in [0.4, 0.5) is 0 Å². The summed E-state index contributed by atoms with van der Waals surface area (Å²) in [6.07, 6.45) is 1.55. The summed E-state index contributed by atoms with van der Waals surface area (Å²) in [5.74, 6) is 0. The van der Waals surface area contributed by atoms with Crippen molar-refractivity contribution in [3.63, 3.8) is 0 Å². The highest BCUT2D eigenvalue weighted by molar-refractivity contribution is 7.89. The Bertz CT molecular complexity index is 605. The van der Waals surface area contributed by atoms with Gasteiger partial charge in [-0.05, 0) is 12.1 Å². The standard InChI is InChI=1S/C10H10N2O3S/c1-15-12-16(13,14)9-6-2-4-8-5-3-7-11-10(8)9/h2-7,12H,1H3. The van der Waals surface area contributed by atoms with E-state index >= 15 is 0 Å². The van der Waals surface area contributed by atoms with Crippen molar-refractivity contribution in [2.75, 3.05) is 7.11 Å². The first-order chi connectivity index (χ1) is 7.65. The highest BCUT2D eigenvalue weighted by Crippen LogP contribution is 2.20. The zero-order valence-corrected chi connectivity index (χ0v) is 9.36. The van der Waals surface area contributed by atoms with Gasteiger partial charge in [0.1, 0.15) is 4.90 Å². The molecule has 1 heterocycles. The monoisotopic (exact) mass is 238 g/mol. The molecule has 0 unspecified atom stereocenters. The lowest BCUT2D eigenvalue weighted by atomic mass is 10.2. The molecule has 1 aromatic heterocycles. The van der Waals surface area contributed by atoms with Crippen molar-refractivity contribution in [2.24, 2.45) is 0 Å². The Morgan fingerprint density at radius 2 is 2.00 bits per heavy atom. The van der Waals surface area contributed by atoms with Gasteiger partial charge in [-0.2, -0.15) is 0 Å². The maximum absolute atomic E-state index is 11.8. The summed E-state index contributed by atoms with van der Waals surface area (Å²) < 4.78 is 23.5. The van der Waals surface area contributed by atoms with Crippen molar-refractivity contribution in [2.45, 2.75) is 4.90 Å². The van der Waals surface area contributed by atoms with E-state index in [0.717, 1.165) is 5.39 Å².